The van der Waals surface area contributed by atoms with Crippen molar-refractivity contribution in [3.63, 3.8) is 0 Å². The van der Waals surface area contributed by atoms with E-state index in [9.17, 15) is 0 Å². The normalized spacial score (nSPS) is 35.2. The Balaban J connectivity index is 1.41. The summed E-state index contributed by atoms with van der Waals surface area (Å²) >= 11 is 0. The largest absolute Gasteiger partial charge is 0.310 e. The van der Waals surface area contributed by atoms with Gasteiger partial charge in [-0.2, -0.15) is 0 Å². The summed E-state index contributed by atoms with van der Waals surface area (Å²) in [4.78, 5) is 5.34. The third-order valence-electron chi connectivity index (χ3n) is 4.89. The van der Waals surface area contributed by atoms with Crippen molar-refractivity contribution in [2.45, 2.75) is 51.1 Å². The van der Waals surface area contributed by atoms with Crippen molar-refractivity contribution >= 4 is 0 Å². The van der Waals surface area contributed by atoms with Crippen LogP contribution in [0.1, 0.15) is 39.0 Å². The molecule has 2 unspecified atom stereocenters. The van der Waals surface area contributed by atoms with Gasteiger partial charge in [0.25, 0.3) is 0 Å². The van der Waals surface area contributed by atoms with Crippen LogP contribution >= 0.6 is 0 Å². The summed E-state index contributed by atoms with van der Waals surface area (Å²) in [5, 5.41) is 3.82. The van der Waals surface area contributed by atoms with Crippen molar-refractivity contribution in [1.82, 2.24) is 15.1 Å². The SMILES string of the molecule is CCN1CCC(CN2CCCC(NC3CC3)C2)C1. The van der Waals surface area contributed by atoms with E-state index in [1.54, 1.807) is 0 Å². The fourth-order valence-electron chi connectivity index (χ4n) is 3.65. The second-order valence-corrected chi connectivity index (χ2v) is 6.59. The summed E-state index contributed by atoms with van der Waals surface area (Å²) in [6.45, 7) is 10.2. The van der Waals surface area contributed by atoms with E-state index in [1.807, 2.05) is 0 Å². The molecule has 18 heavy (non-hydrogen) atoms. The Morgan fingerprint density at radius 1 is 0.944 bits per heavy atom. The summed E-state index contributed by atoms with van der Waals surface area (Å²) in [6, 6.07) is 1.66. The molecule has 1 aliphatic carbocycles. The highest BCUT2D eigenvalue weighted by Crippen LogP contribution is 2.23. The van der Waals surface area contributed by atoms with E-state index in [2.05, 4.69) is 22.0 Å². The molecule has 2 heterocycles. The molecule has 0 spiro atoms. The van der Waals surface area contributed by atoms with Crippen LogP contribution in [-0.4, -0.2) is 61.2 Å². The molecule has 2 saturated heterocycles. The van der Waals surface area contributed by atoms with E-state index in [1.165, 1.54) is 71.4 Å². The molecule has 0 bridgehead atoms. The molecule has 1 saturated carbocycles. The van der Waals surface area contributed by atoms with E-state index in [0.717, 1.165) is 18.0 Å². The lowest BCUT2D eigenvalue weighted by molar-refractivity contribution is 0.164. The van der Waals surface area contributed by atoms with Crippen molar-refractivity contribution in [2.24, 2.45) is 5.92 Å². The van der Waals surface area contributed by atoms with Gasteiger partial charge in [0, 0.05) is 31.7 Å². The Morgan fingerprint density at radius 2 is 1.83 bits per heavy atom. The molecule has 2 atom stereocenters. The average Bonchev–Trinajstić information content (AvgIpc) is 3.07. The molecule has 3 fully saturated rings. The van der Waals surface area contributed by atoms with Gasteiger partial charge in [-0.25, -0.2) is 0 Å². The number of hydrogen-bond donors (Lipinski definition) is 1. The van der Waals surface area contributed by atoms with E-state index < -0.39 is 0 Å². The van der Waals surface area contributed by atoms with Crippen molar-refractivity contribution in [3.8, 4) is 0 Å². The zero-order chi connectivity index (χ0) is 12.4. The van der Waals surface area contributed by atoms with Gasteiger partial charge in [-0.15, -0.1) is 0 Å². The monoisotopic (exact) mass is 251 g/mol. The van der Waals surface area contributed by atoms with Crippen LogP contribution in [0.15, 0.2) is 0 Å². The molecule has 0 aromatic rings. The zero-order valence-corrected chi connectivity index (χ0v) is 11.9. The quantitative estimate of drug-likeness (QED) is 0.800. The summed E-state index contributed by atoms with van der Waals surface area (Å²) in [5.74, 6) is 0.935. The first-order valence-electron chi connectivity index (χ1n) is 8.04. The molecular formula is C15H29N3. The van der Waals surface area contributed by atoms with Gasteiger partial charge in [0.2, 0.25) is 0 Å². The second-order valence-electron chi connectivity index (χ2n) is 6.59. The molecule has 104 valence electrons. The number of nitrogens with one attached hydrogen (secondary N) is 1. The maximum atomic E-state index is 3.82. The Bertz CT molecular complexity index is 264. The van der Waals surface area contributed by atoms with E-state index >= 15 is 0 Å². The van der Waals surface area contributed by atoms with Gasteiger partial charge >= 0.3 is 0 Å². The molecule has 2 aliphatic heterocycles. The van der Waals surface area contributed by atoms with Crippen molar-refractivity contribution in [2.75, 3.05) is 39.3 Å². The third kappa shape index (κ3) is 3.46. The van der Waals surface area contributed by atoms with Gasteiger partial charge in [-0.3, -0.25) is 0 Å². The van der Waals surface area contributed by atoms with Crippen LogP contribution in [0.4, 0.5) is 0 Å². The minimum atomic E-state index is 0.787. The van der Waals surface area contributed by atoms with Crippen LogP contribution in [0, 0.1) is 5.92 Å². The maximum Gasteiger partial charge on any atom is 0.0198 e. The van der Waals surface area contributed by atoms with Crippen LogP contribution in [-0.2, 0) is 0 Å². The molecule has 0 aromatic carbocycles. The standard InChI is InChI=1S/C15H29N3/c1-2-17-9-7-13(10-17)11-18-8-3-4-15(12-18)16-14-5-6-14/h13-16H,2-12H2,1H3. The molecule has 0 radical (unpaired) electrons. The van der Waals surface area contributed by atoms with E-state index in [4.69, 9.17) is 0 Å². The molecule has 0 amide bonds. The highest BCUT2D eigenvalue weighted by Gasteiger charge is 2.29. The lowest BCUT2D eigenvalue weighted by atomic mass is 10.0. The van der Waals surface area contributed by atoms with Gasteiger partial charge in [0.05, 0.1) is 0 Å². The smallest absolute Gasteiger partial charge is 0.0198 e. The van der Waals surface area contributed by atoms with Crippen molar-refractivity contribution < 1.29 is 0 Å². The van der Waals surface area contributed by atoms with Crippen molar-refractivity contribution in [1.29, 1.82) is 0 Å². The number of hydrogen-bond acceptors (Lipinski definition) is 3. The fraction of sp³-hybridized carbons (Fsp3) is 1.00. The molecule has 0 aromatic heterocycles. The van der Waals surface area contributed by atoms with Gasteiger partial charge in [0.1, 0.15) is 0 Å². The van der Waals surface area contributed by atoms with Crippen LogP contribution in [0.25, 0.3) is 0 Å². The lowest BCUT2D eigenvalue weighted by Crippen LogP contribution is -2.47. The highest BCUT2D eigenvalue weighted by atomic mass is 15.2. The molecular weight excluding hydrogens is 222 g/mol. The molecule has 1 N–H and O–H groups in total. The van der Waals surface area contributed by atoms with E-state index in [-0.39, 0.29) is 0 Å². The highest BCUT2D eigenvalue weighted by molar-refractivity contribution is 4.89. The lowest BCUT2D eigenvalue weighted by Gasteiger charge is -2.34. The fourth-order valence-corrected chi connectivity index (χ4v) is 3.65. The topological polar surface area (TPSA) is 18.5 Å². The Hall–Kier alpha value is -0.120. The molecule has 3 heteroatoms. The van der Waals surface area contributed by atoms with Gasteiger partial charge in [0.15, 0.2) is 0 Å². The van der Waals surface area contributed by atoms with Gasteiger partial charge in [-0.05, 0) is 57.7 Å². The number of piperidine rings is 1. The molecule has 3 nitrogen and oxygen atoms in total. The molecule has 3 aliphatic rings. The van der Waals surface area contributed by atoms with Crippen LogP contribution < -0.4 is 5.32 Å². The summed E-state index contributed by atoms with van der Waals surface area (Å²) in [5.41, 5.74) is 0. The second kappa shape index (κ2) is 5.89. The predicted molar refractivity (Wildman–Crippen MR) is 75.8 cm³/mol. The molecule has 3 rings (SSSR count). The van der Waals surface area contributed by atoms with Gasteiger partial charge < -0.3 is 15.1 Å². The average molecular weight is 251 g/mol. The minimum absolute atomic E-state index is 0.787. The number of likely N-dealkylation sites (tertiary alicyclic amines) is 2. The Labute approximate surface area is 112 Å². The predicted octanol–water partition coefficient (Wildman–Crippen LogP) is 1.54. The Kier molecular flexibility index (Phi) is 4.22. The summed E-state index contributed by atoms with van der Waals surface area (Å²) < 4.78 is 0. The van der Waals surface area contributed by atoms with E-state index in [0.29, 0.717) is 0 Å². The van der Waals surface area contributed by atoms with Crippen LogP contribution in [0.2, 0.25) is 0 Å². The summed E-state index contributed by atoms with van der Waals surface area (Å²) in [6.07, 6.45) is 7.06. The van der Waals surface area contributed by atoms with Crippen LogP contribution in [0.3, 0.4) is 0 Å². The third-order valence-corrected chi connectivity index (χ3v) is 4.89. The Morgan fingerprint density at radius 3 is 2.56 bits per heavy atom. The zero-order valence-electron chi connectivity index (χ0n) is 11.9. The minimum Gasteiger partial charge on any atom is -0.310 e. The number of nitrogens with zero attached hydrogens (tertiary/aromatic N) is 2. The number of rotatable bonds is 5. The maximum absolute atomic E-state index is 3.82. The first kappa shape index (κ1) is 12.9. The van der Waals surface area contributed by atoms with Crippen molar-refractivity contribution in [3.05, 3.63) is 0 Å². The van der Waals surface area contributed by atoms with Gasteiger partial charge in [-0.1, -0.05) is 6.92 Å². The van der Waals surface area contributed by atoms with Crippen LogP contribution in [0.5, 0.6) is 0 Å². The summed E-state index contributed by atoms with van der Waals surface area (Å²) in [7, 11) is 0. The first-order valence-corrected chi connectivity index (χ1v) is 8.04. The first-order chi connectivity index (χ1) is 8.83.